The average molecular weight is 256 g/mol. The van der Waals surface area contributed by atoms with E-state index in [-0.39, 0.29) is 18.2 Å². The number of nitrogens with zero attached hydrogens (tertiary/aromatic N) is 1. The molecule has 2 heterocycles. The standard InChI is InChI=1S/C13H12N4O2/c14-6-9-4-5-11(19-9)13(18)16-10-3-1-2-8-7-15-17-12(8)10/h1-5,7H,6,14H2,(H,15,17)(H,16,18). The van der Waals surface area contributed by atoms with E-state index in [1.54, 1.807) is 24.4 Å². The molecule has 6 nitrogen and oxygen atoms in total. The predicted molar refractivity (Wildman–Crippen MR) is 70.6 cm³/mol. The smallest absolute Gasteiger partial charge is 0.291 e. The van der Waals surface area contributed by atoms with E-state index in [0.29, 0.717) is 11.4 Å². The van der Waals surface area contributed by atoms with E-state index in [4.69, 9.17) is 10.2 Å². The number of aromatic nitrogens is 2. The predicted octanol–water partition coefficient (Wildman–Crippen LogP) is 1.87. The second-order valence-corrected chi connectivity index (χ2v) is 4.06. The number of para-hydroxylation sites is 1. The molecule has 1 amide bonds. The molecule has 0 saturated carbocycles. The molecule has 6 heteroatoms. The van der Waals surface area contributed by atoms with Crippen molar-refractivity contribution in [3.05, 3.63) is 48.0 Å². The lowest BCUT2D eigenvalue weighted by Gasteiger charge is -2.04. The maximum Gasteiger partial charge on any atom is 0.291 e. The third-order valence-corrected chi connectivity index (χ3v) is 2.81. The monoisotopic (exact) mass is 256 g/mol. The van der Waals surface area contributed by atoms with Gasteiger partial charge in [-0.2, -0.15) is 5.10 Å². The zero-order chi connectivity index (χ0) is 13.2. The van der Waals surface area contributed by atoms with Gasteiger partial charge in [0.15, 0.2) is 5.76 Å². The Morgan fingerprint density at radius 1 is 1.37 bits per heavy atom. The van der Waals surface area contributed by atoms with Crippen LogP contribution < -0.4 is 11.1 Å². The number of hydrogen-bond donors (Lipinski definition) is 3. The summed E-state index contributed by atoms with van der Waals surface area (Å²) in [5.74, 6) is 0.490. The molecule has 2 aromatic heterocycles. The van der Waals surface area contributed by atoms with Crippen LogP contribution in [0.3, 0.4) is 0 Å². The summed E-state index contributed by atoms with van der Waals surface area (Å²) in [6, 6.07) is 8.84. The van der Waals surface area contributed by atoms with Gasteiger partial charge in [-0.15, -0.1) is 0 Å². The van der Waals surface area contributed by atoms with Gasteiger partial charge in [0.1, 0.15) is 5.76 Å². The molecule has 19 heavy (non-hydrogen) atoms. The van der Waals surface area contributed by atoms with Crippen LogP contribution in [0.25, 0.3) is 10.9 Å². The highest BCUT2D eigenvalue weighted by atomic mass is 16.4. The van der Waals surface area contributed by atoms with Crippen molar-refractivity contribution >= 4 is 22.5 Å². The Morgan fingerprint density at radius 3 is 3.05 bits per heavy atom. The van der Waals surface area contributed by atoms with Crippen LogP contribution in [-0.2, 0) is 6.54 Å². The van der Waals surface area contributed by atoms with Crippen LogP contribution in [-0.4, -0.2) is 16.1 Å². The average Bonchev–Trinajstić information content (AvgIpc) is 3.08. The Balaban J connectivity index is 1.88. The Bertz CT molecular complexity index is 729. The lowest BCUT2D eigenvalue weighted by molar-refractivity contribution is 0.0995. The Hall–Kier alpha value is -2.60. The van der Waals surface area contributed by atoms with Crippen LogP contribution >= 0.6 is 0 Å². The summed E-state index contributed by atoms with van der Waals surface area (Å²) < 4.78 is 5.30. The van der Waals surface area contributed by atoms with Gasteiger partial charge in [-0.1, -0.05) is 12.1 Å². The number of furan rings is 1. The van der Waals surface area contributed by atoms with Crippen LogP contribution in [0.1, 0.15) is 16.3 Å². The van der Waals surface area contributed by atoms with Gasteiger partial charge in [0.05, 0.1) is 23.9 Å². The summed E-state index contributed by atoms with van der Waals surface area (Å²) in [5, 5.41) is 10.5. The van der Waals surface area contributed by atoms with Gasteiger partial charge in [-0.3, -0.25) is 9.89 Å². The van der Waals surface area contributed by atoms with E-state index in [1.165, 1.54) is 0 Å². The molecule has 1 aromatic carbocycles. The number of carbonyl (C=O) groups excluding carboxylic acids is 1. The fourth-order valence-corrected chi connectivity index (χ4v) is 1.87. The topological polar surface area (TPSA) is 96.9 Å². The summed E-state index contributed by atoms with van der Waals surface area (Å²) in [7, 11) is 0. The molecule has 0 aliphatic carbocycles. The van der Waals surface area contributed by atoms with Gasteiger partial charge in [0.25, 0.3) is 5.91 Å². The number of H-pyrrole nitrogens is 1. The first-order chi connectivity index (χ1) is 9.28. The fourth-order valence-electron chi connectivity index (χ4n) is 1.87. The molecule has 0 atom stereocenters. The molecule has 0 aliphatic heterocycles. The normalized spacial score (nSPS) is 10.8. The molecule has 0 unspecified atom stereocenters. The number of hydrogen-bond acceptors (Lipinski definition) is 4. The number of nitrogens with one attached hydrogen (secondary N) is 2. The molecule has 0 fully saturated rings. The number of anilines is 1. The first kappa shape index (κ1) is 11.5. The van der Waals surface area contributed by atoms with E-state index in [0.717, 1.165) is 10.9 Å². The fraction of sp³-hybridized carbons (Fsp3) is 0.0769. The zero-order valence-corrected chi connectivity index (χ0v) is 10.0. The van der Waals surface area contributed by atoms with Crippen molar-refractivity contribution in [1.82, 2.24) is 10.2 Å². The summed E-state index contributed by atoms with van der Waals surface area (Å²) in [4.78, 5) is 12.0. The van der Waals surface area contributed by atoms with Crippen molar-refractivity contribution in [3.8, 4) is 0 Å². The van der Waals surface area contributed by atoms with Gasteiger partial charge in [-0.25, -0.2) is 0 Å². The Labute approximate surface area is 108 Å². The van der Waals surface area contributed by atoms with Gasteiger partial charge in [-0.05, 0) is 18.2 Å². The maximum absolute atomic E-state index is 12.0. The number of nitrogens with two attached hydrogens (primary N) is 1. The quantitative estimate of drug-likeness (QED) is 0.666. The zero-order valence-electron chi connectivity index (χ0n) is 10.0. The van der Waals surface area contributed by atoms with Crippen LogP contribution in [0.5, 0.6) is 0 Å². The molecule has 0 bridgehead atoms. The second kappa shape index (κ2) is 4.58. The molecule has 0 spiro atoms. The number of rotatable bonds is 3. The molecule has 0 aliphatic rings. The third-order valence-electron chi connectivity index (χ3n) is 2.81. The first-order valence-corrected chi connectivity index (χ1v) is 5.80. The van der Waals surface area contributed by atoms with Crippen molar-refractivity contribution in [3.63, 3.8) is 0 Å². The SMILES string of the molecule is NCc1ccc(C(=O)Nc2cccc3cn[nH]c23)o1. The van der Waals surface area contributed by atoms with E-state index in [2.05, 4.69) is 15.5 Å². The molecule has 0 radical (unpaired) electrons. The van der Waals surface area contributed by atoms with Gasteiger partial charge in [0, 0.05) is 5.39 Å². The number of aromatic amines is 1. The second-order valence-electron chi connectivity index (χ2n) is 4.06. The minimum absolute atomic E-state index is 0.233. The maximum atomic E-state index is 12.0. The largest absolute Gasteiger partial charge is 0.455 e. The van der Waals surface area contributed by atoms with Crippen molar-refractivity contribution < 1.29 is 9.21 Å². The summed E-state index contributed by atoms with van der Waals surface area (Å²) in [5.41, 5.74) is 6.87. The van der Waals surface area contributed by atoms with Crippen molar-refractivity contribution in [1.29, 1.82) is 0 Å². The lowest BCUT2D eigenvalue weighted by Crippen LogP contribution is -2.11. The highest BCUT2D eigenvalue weighted by Crippen LogP contribution is 2.21. The minimum Gasteiger partial charge on any atom is -0.455 e. The molecule has 3 aromatic rings. The summed E-state index contributed by atoms with van der Waals surface area (Å²) in [6.45, 7) is 0.267. The summed E-state index contributed by atoms with van der Waals surface area (Å²) >= 11 is 0. The van der Waals surface area contributed by atoms with E-state index in [1.807, 2.05) is 12.1 Å². The number of amides is 1. The van der Waals surface area contributed by atoms with Gasteiger partial charge < -0.3 is 15.5 Å². The van der Waals surface area contributed by atoms with E-state index in [9.17, 15) is 4.79 Å². The number of benzene rings is 1. The van der Waals surface area contributed by atoms with E-state index < -0.39 is 0 Å². The molecule has 96 valence electrons. The lowest BCUT2D eigenvalue weighted by atomic mass is 10.2. The van der Waals surface area contributed by atoms with Crippen molar-refractivity contribution in [2.45, 2.75) is 6.54 Å². The molecular formula is C13H12N4O2. The molecule has 0 saturated heterocycles. The summed E-state index contributed by atoms with van der Waals surface area (Å²) in [6.07, 6.45) is 1.70. The molecule has 4 N–H and O–H groups in total. The van der Waals surface area contributed by atoms with E-state index >= 15 is 0 Å². The van der Waals surface area contributed by atoms with Crippen LogP contribution in [0.2, 0.25) is 0 Å². The first-order valence-electron chi connectivity index (χ1n) is 5.80. The van der Waals surface area contributed by atoms with Crippen molar-refractivity contribution in [2.24, 2.45) is 5.73 Å². The number of fused-ring (bicyclic) bond motifs is 1. The minimum atomic E-state index is -0.318. The third kappa shape index (κ3) is 2.09. The van der Waals surface area contributed by atoms with Crippen molar-refractivity contribution in [2.75, 3.05) is 5.32 Å². The highest BCUT2D eigenvalue weighted by Gasteiger charge is 2.12. The van der Waals surface area contributed by atoms with Gasteiger partial charge in [0.2, 0.25) is 0 Å². The van der Waals surface area contributed by atoms with Crippen LogP contribution in [0.4, 0.5) is 5.69 Å². The van der Waals surface area contributed by atoms with Crippen LogP contribution in [0.15, 0.2) is 40.9 Å². The Kier molecular flexibility index (Phi) is 2.77. The molecule has 3 rings (SSSR count). The Morgan fingerprint density at radius 2 is 2.26 bits per heavy atom. The highest BCUT2D eigenvalue weighted by molar-refractivity contribution is 6.06. The number of carbonyl (C=O) groups is 1. The van der Waals surface area contributed by atoms with Gasteiger partial charge >= 0.3 is 0 Å². The molecular weight excluding hydrogens is 244 g/mol. The van der Waals surface area contributed by atoms with Crippen LogP contribution in [0, 0.1) is 0 Å².